The molecule has 0 amide bonds. The molecule has 0 radical (unpaired) electrons. The van der Waals surface area contributed by atoms with Gasteiger partial charge in [0.2, 0.25) is 0 Å². The minimum atomic E-state index is -3.71. The molecule has 0 aliphatic heterocycles. The molecule has 1 heterocycles. The number of hydrogen-bond donors (Lipinski definition) is 2. The van der Waals surface area contributed by atoms with Crippen molar-refractivity contribution in [1.29, 1.82) is 0 Å². The van der Waals surface area contributed by atoms with Gasteiger partial charge in [0, 0.05) is 6.54 Å². The molecule has 2 aromatic carbocycles. The highest BCUT2D eigenvalue weighted by Crippen LogP contribution is 2.23. The number of anilines is 2. The number of methoxy groups -OCH3 is 1. The van der Waals surface area contributed by atoms with E-state index in [1.54, 1.807) is 38.3 Å². The van der Waals surface area contributed by atoms with E-state index in [2.05, 4.69) is 21.1 Å². The Kier molecular flexibility index (Phi) is 5.84. The quantitative estimate of drug-likeness (QED) is 0.627. The lowest BCUT2D eigenvalue weighted by atomic mass is 10.1. The summed E-state index contributed by atoms with van der Waals surface area (Å²) in [7, 11) is -2.16. The number of sulfonamides is 1. The van der Waals surface area contributed by atoms with E-state index in [9.17, 15) is 8.42 Å². The Morgan fingerprint density at radius 3 is 2.50 bits per heavy atom. The number of aryl methyl sites for hydroxylation is 2. The molecule has 2 N–H and O–H groups in total. The van der Waals surface area contributed by atoms with Gasteiger partial charge in [-0.1, -0.05) is 29.8 Å². The first-order valence-electron chi connectivity index (χ1n) is 8.80. The molecule has 0 atom stereocenters. The second-order valence-electron chi connectivity index (χ2n) is 6.51. The summed E-state index contributed by atoms with van der Waals surface area (Å²) in [5.74, 6) is 1.28. The van der Waals surface area contributed by atoms with Gasteiger partial charge < -0.3 is 10.1 Å². The fourth-order valence-electron chi connectivity index (χ4n) is 2.83. The number of ether oxygens (including phenoxy) is 1. The Labute approximate surface area is 165 Å². The average Bonchev–Trinajstić information content (AvgIpc) is 2.67. The van der Waals surface area contributed by atoms with Crippen LogP contribution in [0.5, 0.6) is 5.75 Å². The van der Waals surface area contributed by atoms with E-state index >= 15 is 0 Å². The summed E-state index contributed by atoms with van der Waals surface area (Å²) in [6, 6.07) is 16.5. The molecule has 0 unspecified atom stereocenters. The zero-order valence-electron chi connectivity index (χ0n) is 16.1. The SMILES string of the molecule is COc1ccc(S(=O)(=O)Nc2ccc(NCc3cccc(C)c3)nc2)c(C)c1. The summed E-state index contributed by atoms with van der Waals surface area (Å²) >= 11 is 0. The molecule has 0 saturated carbocycles. The monoisotopic (exact) mass is 397 g/mol. The van der Waals surface area contributed by atoms with E-state index in [4.69, 9.17) is 4.74 Å². The van der Waals surface area contributed by atoms with Crippen molar-refractivity contribution in [3.63, 3.8) is 0 Å². The molecule has 3 aromatic rings. The van der Waals surface area contributed by atoms with Gasteiger partial charge in [-0.15, -0.1) is 0 Å². The normalized spacial score (nSPS) is 11.1. The molecule has 6 nitrogen and oxygen atoms in total. The first kappa shape index (κ1) is 19.7. The fourth-order valence-corrected chi connectivity index (χ4v) is 4.11. The molecule has 146 valence electrons. The first-order valence-corrected chi connectivity index (χ1v) is 10.3. The van der Waals surface area contributed by atoms with Crippen LogP contribution in [0.15, 0.2) is 65.7 Å². The molecule has 0 bridgehead atoms. The van der Waals surface area contributed by atoms with Crippen LogP contribution in [-0.2, 0) is 16.6 Å². The van der Waals surface area contributed by atoms with Crippen molar-refractivity contribution >= 4 is 21.5 Å². The molecule has 3 rings (SSSR count). The lowest BCUT2D eigenvalue weighted by Gasteiger charge is -2.12. The average molecular weight is 398 g/mol. The predicted octanol–water partition coefficient (Wildman–Crippen LogP) is 4.12. The summed E-state index contributed by atoms with van der Waals surface area (Å²) < 4.78 is 33.0. The molecule has 28 heavy (non-hydrogen) atoms. The molecule has 1 aromatic heterocycles. The second-order valence-corrected chi connectivity index (χ2v) is 8.16. The van der Waals surface area contributed by atoms with Gasteiger partial charge in [0.1, 0.15) is 11.6 Å². The topological polar surface area (TPSA) is 80.3 Å². The summed E-state index contributed by atoms with van der Waals surface area (Å²) in [6.07, 6.45) is 1.50. The Morgan fingerprint density at radius 2 is 1.86 bits per heavy atom. The van der Waals surface area contributed by atoms with Gasteiger partial charge in [-0.05, 0) is 55.3 Å². The van der Waals surface area contributed by atoms with Crippen molar-refractivity contribution in [2.45, 2.75) is 25.3 Å². The molecule has 7 heteroatoms. The molecular formula is C21H23N3O3S. The number of rotatable bonds is 7. The third-order valence-electron chi connectivity index (χ3n) is 4.24. The lowest BCUT2D eigenvalue weighted by Crippen LogP contribution is -2.14. The Bertz CT molecular complexity index is 1060. The van der Waals surface area contributed by atoms with Crippen LogP contribution >= 0.6 is 0 Å². The zero-order valence-corrected chi connectivity index (χ0v) is 16.9. The minimum absolute atomic E-state index is 0.204. The Balaban J connectivity index is 1.68. The maximum atomic E-state index is 12.7. The van der Waals surface area contributed by atoms with Crippen LogP contribution in [0.1, 0.15) is 16.7 Å². The van der Waals surface area contributed by atoms with Crippen LogP contribution < -0.4 is 14.8 Å². The van der Waals surface area contributed by atoms with E-state index < -0.39 is 10.0 Å². The van der Waals surface area contributed by atoms with E-state index in [0.717, 1.165) is 5.56 Å². The van der Waals surface area contributed by atoms with Crippen LogP contribution in [0.3, 0.4) is 0 Å². The third kappa shape index (κ3) is 4.80. The van der Waals surface area contributed by atoms with Gasteiger partial charge in [0.25, 0.3) is 10.0 Å². The van der Waals surface area contributed by atoms with Gasteiger partial charge in [-0.25, -0.2) is 13.4 Å². The zero-order chi connectivity index (χ0) is 20.1. The highest BCUT2D eigenvalue weighted by molar-refractivity contribution is 7.92. The van der Waals surface area contributed by atoms with Gasteiger partial charge in [-0.3, -0.25) is 4.72 Å². The first-order chi connectivity index (χ1) is 13.4. The van der Waals surface area contributed by atoms with Gasteiger partial charge >= 0.3 is 0 Å². The summed E-state index contributed by atoms with van der Waals surface area (Å²) in [5.41, 5.74) is 3.36. The molecule has 0 fully saturated rings. The number of nitrogens with one attached hydrogen (secondary N) is 2. The van der Waals surface area contributed by atoms with Crippen LogP contribution in [0.2, 0.25) is 0 Å². The van der Waals surface area contributed by atoms with Crippen molar-refractivity contribution in [3.05, 3.63) is 77.5 Å². The van der Waals surface area contributed by atoms with E-state index in [0.29, 0.717) is 29.4 Å². The van der Waals surface area contributed by atoms with E-state index in [-0.39, 0.29) is 4.90 Å². The van der Waals surface area contributed by atoms with E-state index in [1.165, 1.54) is 17.8 Å². The Morgan fingerprint density at radius 1 is 1.04 bits per heavy atom. The number of aromatic nitrogens is 1. The van der Waals surface area contributed by atoms with Crippen molar-refractivity contribution in [2.75, 3.05) is 17.1 Å². The second kappa shape index (κ2) is 8.31. The summed E-state index contributed by atoms with van der Waals surface area (Å²) in [5, 5.41) is 3.23. The van der Waals surface area contributed by atoms with Crippen LogP contribution in [0, 0.1) is 13.8 Å². The van der Waals surface area contributed by atoms with Crippen LogP contribution in [0.25, 0.3) is 0 Å². The molecule has 0 aliphatic rings. The summed E-state index contributed by atoms with van der Waals surface area (Å²) in [6.45, 7) is 4.42. The standard InChI is InChI=1S/C21H23N3O3S/c1-15-5-4-6-17(11-15)13-22-21-10-7-18(14-23-21)24-28(25,26)20-9-8-19(27-3)12-16(20)2/h4-12,14,24H,13H2,1-3H3,(H,22,23). The maximum Gasteiger partial charge on any atom is 0.262 e. The number of benzene rings is 2. The largest absolute Gasteiger partial charge is 0.497 e. The third-order valence-corrected chi connectivity index (χ3v) is 5.78. The minimum Gasteiger partial charge on any atom is -0.497 e. The van der Waals surface area contributed by atoms with Gasteiger partial charge in [-0.2, -0.15) is 0 Å². The molecule has 0 spiro atoms. The van der Waals surface area contributed by atoms with Gasteiger partial charge in [0.05, 0.1) is 23.9 Å². The van der Waals surface area contributed by atoms with Crippen LogP contribution in [0.4, 0.5) is 11.5 Å². The molecule has 0 aliphatic carbocycles. The summed E-state index contributed by atoms with van der Waals surface area (Å²) in [4.78, 5) is 4.49. The highest BCUT2D eigenvalue weighted by atomic mass is 32.2. The maximum absolute atomic E-state index is 12.7. The molecule has 0 saturated heterocycles. The van der Waals surface area contributed by atoms with E-state index in [1.807, 2.05) is 25.1 Å². The number of nitrogens with zero attached hydrogens (tertiary/aromatic N) is 1. The molecular weight excluding hydrogens is 374 g/mol. The predicted molar refractivity (Wildman–Crippen MR) is 111 cm³/mol. The van der Waals surface area contributed by atoms with Crippen molar-refractivity contribution < 1.29 is 13.2 Å². The lowest BCUT2D eigenvalue weighted by molar-refractivity contribution is 0.414. The van der Waals surface area contributed by atoms with Gasteiger partial charge in [0.15, 0.2) is 0 Å². The van der Waals surface area contributed by atoms with Crippen molar-refractivity contribution in [2.24, 2.45) is 0 Å². The number of pyridine rings is 1. The number of hydrogen-bond acceptors (Lipinski definition) is 5. The van der Waals surface area contributed by atoms with Crippen molar-refractivity contribution in [1.82, 2.24) is 4.98 Å². The van der Waals surface area contributed by atoms with Crippen LogP contribution in [-0.4, -0.2) is 20.5 Å². The highest BCUT2D eigenvalue weighted by Gasteiger charge is 2.17. The fraction of sp³-hybridized carbons (Fsp3) is 0.190. The smallest absolute Gasteiger partial charge is 0.262 e. The van der Waals surface area contributed by atoms with Crippen molar-refractivity contribution in [3.8, 4) is 5.75 Å². The Hall–Kier alpha value is -3.06.